The van der Waals surface area contributed by atoms with Crippen LogP contribution < -0.4 is 21.3 Å². The van der Waals surface area contributed by atoms with Gasteiger partial charge in [0.25, 0.3) is 0 Å². The normalized spacial score (nSPS) is 14.2. The van der Waals surface area contributed by atoms with E-state index in [0.717, 1.165) is 22.2 Å². The summed E-state index contributed by atoms with van der Waals surface area (Å²) in [5.74, 6) is -0.734. The summed E-state index contributed by atoms with van der Waals surface area (Å²) >= 11 is 6.07. The van der Waals surface area contributed by atoms with Crippen LogP contribution in [0.1, 0.15) is 51.6 Å². The van der Waals surface area contributed by atoms with Crippen molar-refractivity contribution in [3.05, 3.63) is 101 Å². The second-order valence-electron chi connectivity index (χ2n) is 13.1. The van der Waals surface area contributed by atoms with Gasteiger partial charge in [0.2, 0.25) is 11.8 Å². The molecule has 48 heavy (non-hydrogen) atoms. The lowest BCUT2D eigenvalue weighted by Gasteiger charge is -2.33. The maximum absolute atomic E-state index is 14.0. The summed E-state index contributed by atoms with van der Waals surface area (Å²) in [6, 6.07) is 20.8. The van der Waals surface area contributed by atoms with Gasteiger partial charge in [0.1, 0.15) is 23.5 Å². The molecule has 0 aliphatic rings. The number of amides is 3. The summed E-state index contributed by atoms with van der Waals surface area (Å²) in [7, 11) is 0. The minimum Gasteiger partial charge on any atom is -0.444 e. The summed E-state index contributed by atoms with van der Waals surface area (Å²) < 4.78 is 5.49. The Kier molecular flexibility index (Phi) is 12.6. The van der Waals surface area contributed by atoms with E-state index in [1.54, 1.807) is 45.0 Å². The number of nitrogens with one attached hydrogen (secondary N) is 5. The predicted molar refractivity (Wildman–Crippen MR) is 186 cm³/mol. The lowest BCUT2D eigenvalue weighted by atomic mass is 9.94. The number of fused-ring (bicyclic) bond motifs is 1. The Morgan fingerprint density at radius 1 is 0.854 bits per heavy atom. The molecule has 256 valence electrons. The van der Waals surface area contributed by atoms with Crippen LogP contribution in [0.5, 0.6) is 0 Å². The Hall–Kier alpha value is -4.45. The van der Waals surface area contributed by atoms with Crippen molar-refractivity contribution >= 4 is 40.5 Å². The monoisotopic (exact) mass is 676 g/mol. The van der Waals surface area contributed by atoms with Crippen molar-refractivity contribution in [2.75, 3.05) is 0 Å². The van der Waals surface area contributed by atoms with Gasteiger partial charge in [0.05, 0.1) is 29.7 Å². The Balaban J connectivity index is 1.55. The van der Waals surface area contributed by atoms with Gasteiger partial charge < -0.3 is 30.8 Å². The van der Waals surface area contributed by atoms with E-state index >= 15 is 0 Å². The molecule has 0 radical (unpaired) electrons. The molecule has 0 unspecified atom stereocenters. The lowest BCUT2D eigenvalue weighted by molar-refractivity contribution is -0.133. The smallest absolute Gasteiger partial charge is 0.407 e. The largest absolute Gasteiger partial charge is 0.444 e. The van der Waals surface area contributed by atoms with Gasteiger partial charge in [-0.1, -0.05) is 80.0 Å². The van der Waals surface area contributed by atoms with Gasteiger partial charge in [-0.15, -0.1) is 0 Å². The Bertz CT molecular complexity index is 1620. The number of para-hydroxylation sites is 2. The van der Waals surface area contributed by atoms with Crippen molar-refractivity contribution in [1.29, 1.82) is 0 Å². The molecule has 3 aromatic carbocycles. The molecule has 1 heterocycles. The molecule has 6 N–H and O–H groups in total. The van der Waals surface area contributed by atoms with Crippen molar-refractivity contribution in [2.24, 2.45) is 5.92 Å². The molecular formula is C36H45ClN6O5. The average molecular weight is 677 g/mol. The molecule has 4 aromatic rings. The molecule has 1 aromatic heterocycles. The van der Waals surface area contributed by atoms with Gasteiger partial charge in [-0.25, -0.2) is 9.78 Å². The molecule has 12 heteroatoms. The minimum atomic E-state index is -1.43. The third-order valence-electron chi connectivity index (χ3n) is 7.59. The SMILES string of the molecule is CC(C)[C@H](NC(=O)[C@H](NCc1ccc(Cl)cc1)[C@H](O)[C@H](Cc1ccccc1)NC(=O)OC(C)(C)C)C(=O)NCc1nc2ccccc2[nH]1. The van der Waals surface area contributed by atoms with Crippen molar-refractivity contribution < 1.29 is 24.2 Å². The zero-order valence-electron chi connectivity index (χ0n) is 27.9. The number of hydrogen-bond acceptors (Lipinski definition) is 7. The van der Waals surface area contributed by atoms with E-state index in [1.807, 2.05) is 68.4 Å². The second kappa shape index (κ2) is 16.6. The zero-order chi connectivity index (χ0) is 34.8. The Morgan fingerprint density at radius 2 is 1.52 bits per heavy atom. The highest BCUT2D eigenvalue weighted by atomic mass is 35.5. The van der Waals surface area contributed by atoms with E-state index in [4.69, 9.17) is 16.3 Å². The molecule has 4 atom stereocenters. The molecule has 4 rings (SSSR count). The lowest BCUT2D eigenvalue weighted by Crippen LogP contribution is -2.62. The van der Waals surface area contributed by atoms with Crippen LogP contribution in [0.3, 0.4) is 0 Å². The highest BCUT2D eigenvalue weighted by Crippen LogP contribution is 2.16. The highest BCUT2D eigenvalue weighted by Gasteiger charge is 2.37. The van der Waals surface area contributed by atoms with Crippen LogP contribution in [0.2, 0.25) is 5.02 Å². The van der Waals surface area contributed by atoms with Crippen LogP contribution in [0.4, 0.5) is 4.79 Å². The van der Waals surface area contributed by atoms with Crippen LogP contribution in [0, 0.1) is 5.92 Å². The first-order chi connectivity index (χ1) is 22.8. The Labute approximate surface area is 286 Å². The number of aliphatic hydroxyl groups is 1. The zero-order valence-corrected chi connectivity index (χ0v) is 28.7. The van der Waals surface area contributed by atoms with Crippen LogP contribution in [0.25, 0.3) is 11.0 Å². The molecule has 3 amide bonds. The molecule has 0 saturated heterocycles. The number of ether oxygens (including phenoxy) is 1. The third kappa shape index (κ3) is 10.8. The summed E-state index contributed by atoms with van der Waals surface area (Å²) in [5, 5.41) is 24.1. The molecule has 0 bridgehead atoms. The fourth-order valence-electron chi connectivity index (χ4n) is 5.16. The number of H-pyrrole nitrogens is 1. The molecule has 0 aliphatic carbocycles. The van der Waals surface area contributed by atoms with Gasteiger partial charge in [-0.2, -0.15) is 0 Å². The predicted octanol–water partition coefficient (Wildman–Crippen LogP) is 4.63. The number of alkyl carbamates (subject to hydrolysis) is 1. The number of aliphatic hydroxyl groups excluding tert-OH is 1. The van der Waals surface area contributed by atoms with Crippen molar-refractivity contribution in [2.45, 2.75) is 84.0 Å². The number of halogens is 1. The first-order valence-corrected chi connectivity index (χ1v) is 16.4. The minimum absolute atomic E-state index is 0.131. The van der Waals surface area contributed by atoms with E-state index in [-0.39, 0.29) is 25.4 Å². The fraction of sp³-hybridized carbons (Fsp3) is 0.389. The van der Waals surface area contributed by atoms with E-state index in [9.17, 15) is 19.5 Å². The highest BCUT2D eigenvalue weighted by molar-refractivity contribution is 6.30. The average Bonchev–Trinajstić information content (AvgIpc) is 3.45. The van der Waals surface area contributed by atoms with E-state index in [2.05, 4.69) is 31.2 Å². The topological polar surface area (TPSA) is 157 Å². The number of aromatic amines is 1. The van der Waals surface area contributed by atoms with E-state index in [0.29, 0.717) is 10.8 Å². The summed E-state index contributed by atoms with van der Waals surface area (Å²) in [6.07, 6.45) is -1.96. The standard InChI is InChI=1S/C36H45ClN6O5/c1-22(2)30(33(45)39-21-29-40-26-13-9-10-14-27(26)41-29)43-34(46)31(38-20-24-15-17-25(37)18-16-24)32(44)28(19-23-11-7-6-8-12-23)42-35(47)48-36(3,4)5/h6-18,22,28,30-32,38,44H,19-21H2,1-5H3,(H,39,45)(H,40,41)(H,42,47)(H,43,46)/t28-,30-,31+,32+/m0/s1. The number of carbonyl (C=O) groups excluding carboxylic acids is 3. The van der Waals surface area contributed by atoms with Crippen LogP contribution in [-0.2, 0) is 33.8 Å². The maximum Gasteiger partial charge on any atom is 0.407 e. The summed E-state index contributed by atoms with van der Waals surface area (Å²) in [6.45, 7) is 9.19. The van der Waals surface area contributed by atoms with Gasteiger partial charge in [-0.3, -0.25) is 14.9 Å². The van der Waals surface area contributed by atoms with Crippen LogP contribution >= 0.6 is 11.6 Å². The van der Waals surface area contributed by atoms with Crippen molar-refractivity contribution in [1.82, 2.24) is 31.2 Å². The van der Waals surface area contributed by atoms with Crippen LogP contribution in [0.15, 0.2) is 78.9 Å². The van der Waals surface area contributed by atoms with Crippen molar-refractivity contribution in [3.63, 3.8) is 0 Å². The molecule has 0 spiro atoms. The number of nitrogens with zero attached hydrogens (tertiary/aromatic N) is 1. The number of rotatable bonds is 14. The fourth-order valence-corrected chi connectivity index (χ4v) is 5.29. The van der Waals surface area contributed by atoms with E-state index < -0.39 is 47.7 Å². The molecular weight excluding hydrogens is 632 g/mol. The Morgan fingerprint density at radius 3 is 2.17 bits per heavy atom. The van der Waals surface area contributed by atoms with Gasteiger partial charge in [-0.05, 0) is 68.5 Å². The van der Waals surface area contributed by atoms with Crippen molar-refractivity contribution in [3.8, 4) is 0 Å². The maximum atomic E-state index is 14.0. The third-order valence-corrected chi connectivity index (χ3v) is 7.84. The number of imidazole rings is 1. The molecule has 0 fully saturated rings. The molecule has 0 saturated carbocycles. The summed E-state index contributed by atoms with van der Waals surface area (Å²) in [5.41, 5.74) is 2.50. The van der Waals surface area contributed by atoms with Crippen LogP contribution in [-0.4, -0.2) is 62.8 Å². The first-order valence-electron chi connectivity index (χ1n) is 16.0. The quantitative estimate of drug-likeness (QED) is 0.114. The molecule has 11 nitrogen and oxygen atoms in total. The van der Waals surface area contributed by atoms with Gasteiger partial charge in [0.15, 0.2) is 0 Å². The number of carbonyl (C=O) groups is 3. The molecule has 0 aliphatic heterocycles. The van der Waals surface area contributed by atoms with Gasteiger partial charge in [0, 0.05) is 11.6 Å². The van der Waals surface area contributed by atoms with Gasteiger partial charge >= 0.3 is 6.09 Å². The number of benzene rings is 3. The first kappa shape index (κ1) is 36.4. The number of hydrogen-bond donors (Lipinski definition) is 6. The second-order valence-corrected chi connectivity index (χ2v) is 13.5. The summed E-state index contributed by atoms with van der Waals surface area (Å²) in [4.78, 5) is 48.1. The van der Waals surface area contributed by atoms with E-state index in [1.165, 1.54) is 0 Å². The number of aromatic nitrogens is 2.